The SMILES string of the molecule is CC(=O)N1CC(C(=O)N2CCCCCCCN(C(C)=O)c3ccccc3C2)C1. The first-order valence-corrected chi connectivity index (χ1v) is 10.4. The minimum atomic E-state index is -0.104. The van der Waals surface area contributed by atoms with Crippen LogP contribution in [0.3, 0.4) is 0 Å². The average molecular weight is 386 g/mol. The maximum absolute atomic E-state index is 13.1. The van der Waals surface area contributed by atoms with Crippen molar-refractivity contribution >= 4 is 23.4 Å². The molecule has 1 fully saturated rings. The van der Waals surface area contributed by atoms with Gasteiger partial charge in [0.25, 0.3) is 0 Å². The van der Waals surface area contributed by atoms with E-state index in [9.17, 15) is 14.4 Å². The summed E-state index contributed by atoms with van der Waals surface area (Å²) >= 11 is 0. The molecular weight excluding hydrogens is 354 g/mol. The fourth-order valence-electron chi connectivity index (χ4n) is 4.08. The van der Waals surface area contributed by atoms with Crippen molar-refractivity contribution < 1.29 is 14.4 Å². The van der Waals surface area contributed by atoms with Gasteiger partial charge < -0.3 is 14.7 Å². The molecule has 1 saturated heterocycles. The fourth-order valence-corrected chi connectivity index (χ4v) is 4.08. The van der Waals surface area contributed by atoms with Crippen molar-refractivity contribution in [3.05, 3.63) is 29.8 Å². The van der Waals surface area contributed by atoms with Gasteiger partial charge >= 0.3 is 0 Å². The predicted octanol–water partition coefficient (Wildman–Crippen LogP) is 2.81. The zero-order valence-corrected chi connectivity index (χ0v) is 17.0. The highest BCUT2D eigenvalue weighted by Gasteiger charge is 2.36. The van der Waals surface area contributed by atoms with Crippen LogP contribution in [0, 0.1) is 5.92 Å². The van der Waals surface area contributed by atoms with E-state index in [2.05, 4.69) is 0 Å². The van der Waals surface area contributed by atoms with E-state index in [1.807, 2.05) is 34.1 Å². The summed E-state index contributed by atoms with van der Waals surface area (Å²) in [6, 6.07) is 7.90. The van der Waals surface area contributed by atoms with E-state index < -0.39 is 0 Å². The molecule has 3 rings (SSSR count). The minimum Gasteiger partial charge on any atom is -0.341 e. The van der Waals surface area contributed by atoms with Crippen LogP contribution in [-0.4, -0.2) is 53.7 Å². The second-order valence-corrected chi connectivity index (χ2v) is 7.95. The van der Waals surface area contributed by atoms with Gasteiger partial charge in [-0.1, -0.05) is 37.5 Å². The van der Waals surface area contributed by atoms with Crippen molar-refractivity contribution in [1.82, 2.24) is 9.80 Å². The topological polar surface area (TPSA) is 60.9 Å². The van der Waals surface area contributed by atoms with Gasteiger partial charge in [0.2, 0.25) is 17.7 Å². The van der Waals surface area contributed by atoms with Crippen LogP contribution in [0.1, 0.15) is 51.5 Å². The number of para-hydroxylation sites is 1. The molecule has 0 aliphatic carbocycles. The molecule has 0 radical (unpaired) electrons. The minimum absolute atomic E-state index is 0.0280. The van der Waals surface area contributed by atoms with E-state index in [1.54, 1.807) is 18.7 Å². The maximum Gasteiger partial charge on any atom is 0.229 e. The Kier molecular flexibility index (Phi) is 6.70. The van der Waals surface area contributed by atoms with E-state index in [-0.39, 0.29) is 23.6 Å². The van der Waals surface area contributed by atoms with Gasteiger partial charge in [-0.3, -0.25) is 14.4 Å². The summed E-state index contributed by atoms with van der Waals surface area (Å²) in [6.45, 7) is 6.15. The summed E-state index contributed by atoms with van der Waals surface area (Å²) in [5, 5.41) is 0. The molecule has 6 nitrogen and oxygen atoms in total. The number of rotatable bonds is 1. The Morgan fingerprint density at radius 3 is 2.14 bits per heavy atom. The number of fused-ring (bicyclic) bond motifs is 1. The summed E-state index contributed by atoms with van der Waals surface area (Å²) in [6.07, 6.45) is 5.30. The van der Waals surface area contributed by atoms with Crippen LogP contribution in [0.4, 0.5) is 5.69 Å². The number of benzene rings is 1. The zero-order valence-electron chi connectivity index (χ0n) is 17.0. The Labute approximate surface area is 167 Å². The molecular formula is C22H31N3O3. The highest BCUT2D eigenvalue weighted by Crippen LogP contribution is 2.26. The Hall–Kier alpha value is -2.37. The standard InChI is InChI=1S/C22H31N3O3/c1-17(26)24-15-20(16-24)22(28)23-12-8-4-3-5-9-13-25(18(2)27)21-11-7-6-10-19(21)14-23/h6-7,10-11,20H,3-5,8-9,12-16H2,1-2H3. The average Bonchev–Trinajstić information content (AvgIpc) is 2.60. The Balaban J connectivity index is 1.81. The normalized spacial score (nSPS) is 19.1. The van der Waals surface area contributed by atoms with Crippen molar-refractivity contribution in [2.75, 3.05) is 31.1 Å². The van der Waals surface area contributed by atoms with Crippen LogP contribution in [-0.2, 0) is 20.9 Å². The van der Waals surface area contributed by atoms with E-state index in [1.165, 1.54) is 0 Å². The molecule has 0 saturated carbocycles. The molecule has 1 aromatic rings. The number of likely N-dealkylation sites (tertiary alicyclic amines) is 1. The van der Waals surface area contributed by atoms with E-state index >= 15 is 0 Å². The lowest BCUT2D eigenvalue weighted by atomic mass is 9.97. The molecule has 152 valence electrons. The van der Waals surface area contributed by atoms with Gasteiger partial charge in [0.15, 0.2) is 0 Å². The molecule has 0 unspecified atom stereocenters. The van der Waals surface area contributed by atoms with Gasteiger partial charge in [0.05, 0.1) is 5.92 Å². The molecule has 0 bridgehead atoms. The van der Waals surface area contributed by atoms with Crippen LogP contribution in [0.25, 0.3) is 0 Å². The summed E-state index contributed by atoms with van der Waals surface area (Å²) in [5.74, 6) is 0.0882. The summed E-state index contributed by atoms with van der Waals surface area (Å²) in [7, 11) is 0. The molecule has 0 atom stereocenters. The van der Waals surface area contributed by atoms with Crippen LogP contribution < -0.4 is 4.90 Å². The van der Waals surface area contributed by atoms with E-state index in [0.29, 0.717) is 19.6 Å². The second-order valence-electron chi connectivity index (χ2n) is 7.95. The monoisotopic (exact) mass is 385 g/mol. The smallest absolute Gasteiger partial charge is 0.229 e. The van der Waals surface area contributed by atoms with Gasteiger partial charge in [-0.25, -0.2) is 0 Å². The second kappa shape index (κ2) is 9.22. The van der Waals surface area contributed by atoms with E-state index in [4.69, 9.17) is 0 Å². The lowest BCUT2D eigenvalue weighted by Gasteiger charge is -2.40. The third kappa shape index (κ3) is 4.72. The van der Waals surface area contributed by atoms with E-state index in [0.717, 1.165) is 56.4 Å². The van der Waals surface area contributed by atoms with Gasteiger partial charge in [-0.15, -0.1) is 0 Å². The van der Waals surface area contributed by atoms with Crippen molar-refractivity contribution in [3.63, 3.8) is 0 Å². The predicted molar refractivity (Wildman–Crippen MR) is 109 cm³/mol. The lowest BCUT2D eigenvalue weighted by Crippen LogP contribution is -2.55. The summed E-state index contributed by atoms with van der Waals surface area (Å²) in [4.78, 5) is 42.3. The lowest BCUT2D eigenvalue weighted by molar-refractivity contribution is -0.147. The highest BCUT2D eigenvalue weighted by molar-refractivity contribution is 5.92. The summed E-state index contributed by atoms with van der Waals surface area (Å²) < 4.78 is 0. The zero-order chi connectivity index (χ0) is 20.1. The number of hydrogen-bond acceptors (Lipinski definition) is 3. The molecule has 2 heterocycles. The van der Waals surface area contributed by atoms with Gasteiger partial charge in [0, 0.05) is 52.3 Å². The van der Waals surface area contributed by atoms with Gasteiger partial charge in [0.1, 0.15) is 0 Å². The number of hydrogen-bond donors (Lipinski definition) is 0. The number of carbonyl (C=O) groups is 3. The van der Waals surface area contributed by atoms with Gasteiger partial charge in [-0.05, 0) is 24.5 Å². The highest BCUT2D eigenvalue weighted by atomic mass is 16.2. The summed E-state index contributed by atoms with van der Waals surface area (Å²) in [5.41, 5.74) is 1.92. The van der Waals surface area contributed by atoms with Crippen LogP contribution >= 0.6 is 0 Å². The van der Waals surface area contributed by atoms with Crippen LogP contribution in [0.15, 0.2) is 24.3 Å². The first-order chi connectivity index (χ1) is 13.5. The first-order valence-electron chi connectivity index (χ1n) is 10.4. The quantitative estimate of drug-likeness (QED) is 0.747. The fraction of sp³-hybridized carbons (Fsp3) is 0.591. The third-order valence-corrected chi connectivity index (χ3v) is 5.82. The van der Waals surface area contributed by atoms with Crippen LogP contribution in [0.2, 0.25) is 0 Å². The number of nitrogens with zero attached hydrogens (tertiary/aromatic N) is 3. The number of carbonyl (C=O) groups excluding carboxylic acids is 3. The number of amides is 3. The number of anilines is 1. The van der Waals surface area contributed by atoms with Crippen LogP contribution in [0.5, 0.6) is 0 Å². The molecule has 6 heteroatoms. The molecule has 0 spiro atoms. The molecule has 1 aromatic carbocycles. The molecule has 2 aliphatic rings. The molecule has 28 heavy (non-hydrogen) atoms. The molecule has 2 aliphatic heterocycles. The molecule has 0 aromatic heterocycles. The largest absolute Gasteiger partial charge is 0.341 e. The maximum atomic E-state index is 13.1. The molecule has 3 amide bonds. The van der Waals surface area contributed by atoms with Crippen molar-refractivity contribution in [2.24, 2.45) is 5.92 Å². The first kappa shape index (κ1) is 20.4. The Morgan fingerprint density at radius 2 is 1.46 bits per heavy atom. The van der Waals surface area contributed by atoms with Crippen molar-refractivity contribution in [3.8, 4) is 0 Å². The third-order valence-electron chi connectivity index (χ3n) is 5.82. The van der Waals surface area contributed by atoms with Crippen molar-refractivity contribution in [1.29, 1.82) is 0 Å². The van der Waals surface area contributed by atoms with Crippen molar-refractivity contribution in [2.45, 2.75) is 52.5 Å². The Morgan fingerprint density at radius 1 is 0.821 bits per heavy atom. The van der Waals surface area contributed by atoms with Gasteiger partial charge in [-0.2, -0.15) is 0 Å². The Bertz CT molecular complexity index is 727. The molecule has 0 N–H and O–H groups in total.